The van der Waals surface area contributed by atoms with E-state index in [1.807, 2.05) is 0 Å². The Balaban J connectivity index is 1.55. The van der Waals surface area contributed by atoms with E-state index in [1.165, 1.54) is 36.0 Å². The van der Waals surface area contributed by atoms with Gasteiger partial charge in [0, 0.05) is 24.4 Å². The molecule has 0 aromatic carbocycles. The van der Waals surface area contributed by atoms with Crippen LogP contribution in [0.25, 0.3) is 0 Å². The van der Waals surface area contributed by atoms with Crippen LogP contribution in [0.15, 0.2) is 0 Å². The molecule has 3 fully saturated rings. The summed E-state index contributed by atoms with van der Waals surface area (Å²) in [6.45, 7) is 2.24. The van der Waals surface area contributed by atoms with Crippen molar-refractivity contribution in [3.8, 4) is 0 Å². The Morgan fingerprint density at radius 3 is 2.90 bits per heavy atom. The van der Waals surface area contributed by atoms with Crippen LogP contribution in [-0.2, 0) is 4.79 Å². The van der Waals surface area contributed by atoms with Crippen molar-refractivity contribution in [2.75, 3.05) is 24.7 Å². The predicted molar refractivity (Wildman–Crippen MR) is 76.7 cm³/mol. The van der Waals surface area contributed by atoms with Gasteiger partial charge >= 0.3 is 12.0 Å². The minimum Gasteiger partial charge on any atom is -0.480 e. The summed E-state index contributed by atoms with van der Waals surface area (Å²) in [7, 11) is 0. The van der Waals surface area contributed by atoms with Crippen LogP contribution in [0.4, 0.5) is 4.79 Å². The molecule has 2 N–H and O–H groups in total. The van der Waals surface area contributed by atoms with Gasteiger partial charge in [-0.2, -0.15) is 0 Å². The highest BCUT2D eigenvalue weighted by Gasteiger charge is 2.37. The van der Waals surface area contributed by atoms with Gasteiger partial charge in [-0.3, -0.25) is 0 Å². The molecule has 0 bridgehead atoms. The highest BCUT2D eigenvalue weighted by molar-refractivity contribution is 7.99. The van der Waals surface area contributed by atoms with Crippen LogP contribution in [0.2, 0.25) is 0 Å². The third-order valence-electron chi connectivity index (χ3n) is 4.58. The van der Waals surface area contributed by atoms with Gasteiger partial charge in [0.2, 0.25) is 0 Å². The molecule has 112 valence electrons. The molecule has 3 atom stereocenters. The second kappa shape index (κ2) is 5.81. The molecule has 6 nitrogen and oxygen atoms in total. The summed E-state index contributed by atoms with van der Waals surface area (Å²) in [6, 6.07) is -0.0791. The second-order valence-electron chi connectivity index (χ2n) is 5.83. The van der Waals surface area contributed by atoms with Crippen molar-refractivity contribution in [2.45, 2.75) is 43.8 Å². The monoisotopic (exact) mass is 299 g/mol. The SMILES string of the molecule is O=C(O)[C@@H]1CSCN1C(=O)NC1CCN2CCCC2C1. The summed E-state index contributed by atoms with van der Waals surface area (Å²) in [5, 5.41) is 12.2. The second-order valence-corrected chi connectivity index (χ2v) is 6.83. The first kappa shape index (κ1) is 14.0. The van der Waals surface area contributed by atoms with E-state index in [0.717, 1.165) is 19.4 Å². The highest BCUT2D eigenvalue weighted by Crippen LogP contribution is 2.27. The van der Waals surface area contributed by atoms with E-state index < -0.39 is 12.0 Å². The van der Waals surface area contributed by atoms with Crippen molar-refractivity contribution in [1.29, 1.82) is 0 Å². The fraction of sp³-hybridized carbons (Fsp3) is 0.846. The largest absolute Gasteiger partial charge is 0.480 e. The van der Waals surface area contributed by atoms with Crippen LogP contribution >= 0.6 is 11.8 Å². The number of aliphatic carboxylic acids is 1. The van der Waals surface area contributed by atoms with E-state index >= 15 is 0 Å². The molecule has 2 unspecified atom stereocenters. The highest BCUT2D eigenvalue weighted by atomic mass is 32.2. The molecule has 7 heteroatoms. The van der Waals surface area contributed by atoms with Gasteiger partial charge < -0.3 is 20.2 Å². The van der Waals surface area contributed by atoms with E-state index in [9.17, 15) is 9.59 Å². The summed E-state index contributed by atoms with van der Waals surface area (Å²) >= 11 is 1.50. The zero-order valence-corrected chi connectivity index (χ0v) is 12.3. The van der Waals surface area contributed by atoms with E-state index in [1.54, 1.807) is 0 Å². The Hall–Kier alpha value is -0.950. The van der Waals surface area contributed by atoms with Crippen LogP contribution in [0.5, 0.6) is 0 Å². The van der Waals surface area contributed by atoms with Gasteiger partial charge in [-0.1, -0.05) is 0 Å². The summed E-state index contributed by atoms with van der Waals surface area (Å²) in [4.78, 5) is 27.3. The van der Waals surface area contributed by atoms with E-state index in [2.05, 4.69) is 10.2 Å². The van der Waals surface area contributed by atoms with Gasteiger partial charge in [0.1, 0.15) is 6.04 Å². The quantitative estimate of drug-likeness (QED) is 0.788. The first-order valence-electron chi connectivity index (χ1n) is 7.27. The lowest BCUT2D eigenvalue weighted by Gasteiger charge is -2.36. The molecule has 0 saturated carbocycles. The first-order valence-corrected chi connectivity index (χ1v) is 8.42. The van der Waals surface area contributed by atoms with Crippen LogP contribution in [0.1, 0.15) is 25.7 Å². The number of urea groups is 1. The fourth-order valence-corrected chi connectivity index (χ4v) is 4.61. The van der Waals surface area contributed by atoms with Crippen molar-refractivity contribution in [2.24, 2.45) is 0 Å². The average molecular weight is 299 g/mol. The van der Waals surface area contributed by atoms with Crippen molar-refractivity contribution >= 4 is 23.8 Å². The van der Waals surface area contributed by atoms with Crippen molar-refractivity contribution in [3.05, 3.63) is 0 Å². The maximum atomic E-state index is 12.2. The van der Waals surface area contributed by atoms with E-state index in [0.29, 0.717) is 17.7 Å². The molecular weight excluding hydrogens is 278 g/mol. The number of nitrogens with zero attached hydrogens (tertiary/aromatic N) is 2. The molecular formula is C13H21N3O3S. The van der Waals surface area contributed by atoms with E-state index in [4.69, 9.17) is 5.11 Å². The number of carbonyl (C=O) groups excluding carboxylic acids is 1. The van der Waals surface area contributed by atoms with Gasteiger partial charge in [0.15, 0.2) is 0 Å². The minimum atomic E-state index is -0.907. The van der Waals surface area contributed by atoms with Gasteiger partial charge in [0.05, 0.1) is 5.88 Å². The molecule has 20 heavy (non-hydrogen) atoms. The maximum Gasteiger partial charge on any atom is 0.327 e. The van der Waals surface area contributed by atoms with Gasteiger partial charge in [-0.15, -0.1) is 11.8 Å². The Morgan fingerprint density at radius 1 is 1.25 bits per heavy atom. The number of carboxylic acid groups (broad SMARTS) is 1. The van der Waals surface area contributed by atoms with Gasteiger partial charge in [-0.05, 0) is 32.2 Å². The molecule has 3 saturated heterocycles. The lowest BCUT2D eigenvalue weighted by atomic mass is 9.98. The number of carbonyl (C=O) groups is 2. The molecule has 3 heterocycles. The van der Waals surface area contributed by atoms with Crippen molar-refractivity contribution in [3.63, 3.8) is 0 Å². The number of piperidine rings is 1. The van der Waals surface area contributed by atoms with Crippen molar-refractivity contribution in [1.82, 2.24) is 15.1 Å². The molecule has 0 aliphatic carbocycles. The number of fused-ring (bicyclic) bond motifs is 1. The number of amides is 2. The van der Waals surface area contributed by atoms with Crippen LogP contribution in [0, 0.1) is 0 Å². The third kappa shape index (κ3) is 2.74. The summed E-state index contributed by atoms with van der Waals surface area (Å²) < 4.78 is 0. The molecule has 3 aliphatic rings. The molecule has 0 radical (unpaired) electrons. The Kier molecular flexibility index (Phi) is 4.07. The Bertz CT molecular complexity index is 406. The van der Waals surface area contributed by atoms with Gasteiger partial charge in [-0.25, -0.2) is 9.59 Å². The average Bonchev–Trinajstić information content (AvgIpc) is 3.06. The fourth-order valence-electron chi connectivity index (χ4n) is 3.46. The zero-order valence-electron chi connectivity index (χ0n) is 11.5. The number of thioether (sulfide) groups is 1. The molecule has 0 aromatic heterocycles. The van der Waals surface area contributed by atoms with Crippen LogP contribution in [-0.4, -0.2) is 69.8 Å². The number of carboxylic acids is 1. The topological polar surface area (TPSA) is 72.9 Å². The van der Waals surface area contributed by atoms with Gasteiger partial charge in [0.25, 0.3) is 0 Å². The number of hydrogen-bond acceptors (Lipinski definition) is 4. The van der Waals surface area contributed by atoms with Crippen LogP contribution in [0.3, 0.4) is 0 Å². The van der Waals surface area contributed by atoms with Crippen LogP contribution < -0.4 is 5.32 Å². The first-order chi connectivity index (χ1) is 9.65. The Labute approximate surface area is 122 Å². The lowest BCUT2D eigenvalue weighted by Crippen LogP contribution is -2.53. The molecule has 2 amide bonds. The molecule has 0 aromatic rings. The van der Waals surface area contributed by atoms with Crippen molar-refractivity contribution < 1.29 is 14.7 Å². The normalized spacial score (nSPS) is 34.0. The summed E-state index contributed by atoms with van der Waals surface area (Å²) in [5.74, 6) is 0.0605. The standard InChI is InChI=1S/C13H21N3O3S/c17-12(18)11-7-20-8-16(11)13(19)14-9-3-5-15-4-1-2-10(15)6-9/h9-11H,1-8H2,(H,14,19)(H,17,18)/t9?,10?,11-/m0/s1. The molecule has 3 aliphatic heterocycles. The smallest absolute Gasteiger partial charge is 0.327 e. The van der Waals surface area contributed by atoms with E-state index in [-0.39, 0.29) is 12.1 Å². The minimum absolute atomic E-state index is 0.196. The number of rotatable bonds is 2. The summed E-state index contributed by atoms with van der Waals surface area (Å²) in [6.07, 6.45) is 4.46. The Morgan fingerprint density at radius 2 is 2.10 bits per heavy atom. The maximum absolute atomic E-state index is 12.2. The molecule has 0 spiro atoms. The third-order valence-corrected chi connectivity index (χ3v) is 5.59. The molecule has 3 rings (SSSR count). The number of nitrogens with one attached hydrogen (secondary N) is 1. The predicted octanol–water partition coefficient (Wildman–Crippen LogP) is 0.782. The number of hydrogen-bond donors (Lipinski definition) is 2. The summed E-state index contributed by atoms with van der Waals surface area (Å²) in [5.41, 5.74) is 0. The lowest BCUT2D eigenvalue weighted by molar-refractivity contribution is -0.140. The zero-order chi connectivity index (χ0) is 14.1.